The first-order valence-corrected chi connectivity index (χ1v) is 22.9. The van der Waals surface area contributed by atoms with E-state index >= 15 is 0 Å². The summed E-state index contributed by atoms with van der Waals surface area (Å²) in [5.41, 5.74) is 13.3. The molecule has 0 radical (unpaired) electrons. The molecule has 1 aliphatic rings. The minimum absolute atomic E-state index is 0.168. The molecule has 13 aromatic rings. The molecule has 1 heterocycles. The highest BCUT2D eigenvalue weighted by molar-refractivity contribution is 6.29. The SMILES string of the molecule is CC1(C)c2cccc3ccc4cc(N(c5ccccc5-c5ccccc5)c5ccc6ccc7c(N(c8ccccc8)c8cccc9c8oc8ccccc89)ccc8ccc5c6c87)cc1c4c23. The van der Waals surface area contributed by atoms with Crippen molar-refractivity contribution in [2.24, 2.45) is 0 Å². The number of para-hydroxylation sites is 4. The van der Waals surface area contributed by atoms with Gasteiger partial charge in [-0.05, 0) is 114 Å². The number of hydrogen-bond donors (Lipinski definition) is 0. The van der Waals surface area contributed by atoms with Crippen LogP contribution in [0, 0.1) is 0 Å². The van der Waals surface area contributed by atoms with Gasteiger partial charge in [-0.1, -0.05) is 178 Å². The third-order valence-electron chi connectivity index (χ3n) is 14.5. The summed E-state index contributed by atoms with van der Waals surface area (Å²) in [5, 5.41) is 14.8. The molecule has 3 heteroatoms. The summed E-state index contributed by atoms with van der Waals surface area (Å²) in [4.78, 5) is 4.92. The van der Waals surface area contributed by atoms with Crippen LogP contribution >= 0.6 is 0 Å². The molecule has 0 bridgehead atoms. The molecular formula is C63H42N2O. The van der Waals surface area contributed by atoms with Crippen LogP contribution in [0.15, 0.2) is 223 Å². The first-order chi connectivity index (χ1) is 32.5. The normalized spacial score (nSPS) is 13.1. The summed E-state index contributed by atoms with van der Waals surface area (Å²) in [7, 11) is 0. The highest BCUT2D eigenvalue weighted by Crippen LogP contribution is 2.54. The van der Waals surface area contributed by atoms with Gasteiger partial charge >= 0.3 is 0 Å². The third-order valence-corrected chi connectivity index (χ3v) is 14.5. The van der Waals surface area contributed by atoms with Gasteiger partial charge in [-0.15, -0.1) is 0 Å². The average molecular weight is 843 g/mol. The number of nitrogens with zero attached hydrogens (tertiary/aromatic N) is 2. The maximum atomic E-state index is 6.73. The Balaban J connectivity index is 1.04. The molecule has 0 aliphatic heterocycles. The van der Waals surface area contributed by atoms with Crippen molar-refractivity contribution in [2.75, 3.05) is 9.80 Å². The quantitative estimate of drug-likeness (QED) is 0.149. The van der Waals surface area contributed by atoms with Gasteiger partial charge in [0, 0.05) is 43.9 Å². The van der Waals surface area contributed by atoms with E-state index in [4.69, 9.17) is 4.42 Å². The fourth-order valence-electron chi connectivity index (χ4n) is 11.5. The second kappa shape index (κ2) is 13.8. The topological polar surface area (TPSA) is 19.6 Å². The molecule has 1 aromatic heterocycles. The van der Waals surface area contributed by atoms with Crippen molar-refractivity contribution in [3.05, 3.63) is 230 Å². The van der Waals surface area contributed by atoms with Crippen molar-refractivity contribution in [2.45, 2.75) is 19.3 Å². The Morgan fingerprint density at radius 1 is 0.348 bits per heavy atom. The zero-order chi connectivity index (χ0) is 43.7. The molecule has 0 unspecified atom stereocenters. The largest absolute Gasteiger partial charge is 0.454 e. The molecule has 0 amide bonds. The van der Waals surface area contributed by atoms with E-state index in [2.05, 4.69) is 236 Å². The van der Waals surface area contributed by atoms with E-state index in [0.29, 0.717) is 0 Å². The maximum absolute atomic E-state index is 6.73. The van der Waals surface area contributed by atoms with Crippen LogP contribution in [0.25, 0.3) is 86.9 Å². The predicted octanol–water partition coefficient (Wildman–Crippen LogP) is 18.0. The van der Waals surface area contributed by atoms with Crippen LogP contribution in [0.5, 0.6) is 0 Å². The fourth-order valence-corrected chi connectivity index (χ4v) is 11.5. The minimum atomic E-state index is -0.168. The molecule has 3 nitrogen and oxygen atoms in total. The standard InChI is InChI=1S/C63H42N2O/c1-63(2)51-23-13-17-40-27-28-43-37-45(38-52(63)61(43)60(40)51)65(53-24-11-9-20-46(53)39-15-5-3-6-16-39)55-36-32-42-29-33-49-54(35-31-41-30-34-50(55)59(42)58(41)49)64(44-18-7-4-8-19-44)56-25-14-22-48-47-21-10-12-26-57(47)66-62(48)56/h3-38H,1-2H3. The lowest BCUT2D eigenvalue weighted by Gasteiger charge is -2.31. The first kappa shape index (κ1) is 37.0. The van der Waals surface area contributed by atoms with Gasteiger partial charge in [-0.2, -0.15) is 0 Å². The highest BCUT2D eigenvalue weighted by Gasteiger charge is 2.35. The van der Waals surface area contributed by atoms with E-state index < -0.39 is 0 Å². The molecule has 0 spiro atoms. The van der Waals surface area contributed by atoms with Gasteiger partial charge in [0.2, 0.25) is 0 Å². The van der Waals surface area contributed by atoms with Gasteiger partial charge < -0.3 is 14.2 Å². The number of benzene rings is 12. The lowest BCUT2D eigenvalue weighted by molar-refractivity contribution is 0.663. The molecule has 310 valence electrons. The second-order valence-electron chi connectivity index (χ2n) is 18.4. The van der Waals surface area contributed by atoms with Crippen LogP contribution in [-0.2, 0) is 5.41 Å². The summed E-state index contributed by atoms with van der Waals surface area (Å²) in [5.74, 6) is 0. The minimum Gasteiger partial charge on any atom is -0.454 e. The average Bonchev–Trinajstić information content (AvgIpc) is 3.87. The summed E-state index contributed by atoms with van der Waals surface area (Å²) in [6.07, 6.45) is 0. The zero-order valence-electron chi connectivity index (χ0n) is 36.6. The number of anilines is 6. The third kappa shape index (κ3) is 5.20. The van der Waals surface area contributed by atoms with Crippen LogP contribution in [0.4, 0.5) is 34.1 Å². The lowest BCUT2D eigenvalue weighted by Crippen LogP contribution is -2.17. The molecule has 14 rings (SSSR count). The molecule has 1 aliphatic carbocycles. The van der Waals surface area contributed by atoms with Gasteiger partial charge in [-0.25, -0.2) is 0 Å². The molecule has 0 N–H and O–H groups in total. The van der Waals surface area contributed by atoms with E-state index in [1.165, 1.54) is 76.1 Å². The number of rotatable bonds is 7. The zero-order valence-corrected chi connectivity index (χ0v) is 36.6. The van der Waals surface area contributed by atoms with Crippen molar-refractivity contribution >= 4 is 110 Å². The Hall–Kier alpha value is -8.40. The summed E-state index contributed by atoms with van der Waals surface area (Å²) < 4.78 is 6.73. The smallest absolute Gasteiger partial charge is 0.159 e. The number of furan rings is 1. The predicted molar refractivity (Wildman–Crippen MR) is 279 cm³/mol. The highest BCUT2D eigenvalue weighted by atomic mass is 16.3. The van der Waals surface area contributed by atoms with Crippen molar-refractivity contribution in [1.82, 2.24) is 0 Å². The van der Waals surface area contributed by atoms with Crippen LogP contribution < -0.4 is 9.80 Å². The monoisotopic (exact) mass is 842 g/mol. The van der Waals surface area contributed by atoms with E-state index in [-0.39, 0.29) is 5.41 Å². The summed E-state index contributed by atoms with van der Waals surface area (Å²) in [6, 6.07) is 80.2. The van der Waals surface area contributed by atoms with E-state index in [0.717, 1.165) is 56.1 Å². The maximum Gasteiger partial charge on any atom is 0.159 e. The molecule has 66 heavy (non-hydrogen) atoms. The molecule has 0 saturated carbocycles. The number of hydrogen-bond acceptors (Lipinski definition) is 3. The van der Waals surface area contributed by atoms with E-state index in [1.807, 2.05) is 6.07 Å². The van der Waals surface area contributed by atoms with Crippen LogP contribution in [0.1, 0.15) is 25.0 Å². The van der Waals surface area contributed by atoms with Crippen LogP contribution in [0.2, 0.25) is 0 Å². The summed E-state index contributed by atoms with van der Waals surface area (Å²) >= 11 is 0. The van der Waals surface area contributed by atoms with Gasteiger partial charge in [0.05, 0.1) is 22.7 Å². The van der Waals surface area contributed by atoms with Gasteiger partial charge in [0.1, 0.15) is 5.58 Å². The lowest BCUT2D eigenvalue weighted by atomic mass is 9.81. The Morgan fingerprint density at radius 3 is 1.68 bits per heavy atom. The molecule has 12 aromatic carbocycles. The molecule has 0 atom stereocenters. The Bertz CT molecular complexity index is 4090. The Labute approximate surface area is 382 Å². The van der Waals surface area contributed by atoms with Gasteiger partial charge in [0.25, 0.3) is 0 Å². The van der Waals surface area contributed by atoms with E-state index in [1.54, 1.807) is 0 Å². The molecular weight excluding hydrogens is 801 g/mol. The van der Waals surface area contributed by atoms with Crippen molar-refractivity contribution < 1.29 is 4.42 Å². The molecule has 0 saturated heterocycles. The van der Waals surface area contributed by atoms with Crippen LogP contribution in [-0.4, -0.2) is 0 Å². The van der Waals surface area contributed by atoms with Gasteiger partial charge in [0.15, 0.2) is 5.58 Å². The second-order valence-corrected chi connectivity index (χ2v) is 18.4. The Morgan fingerprint density at radius 2 is 0.909 bits per heavy atom. The van der Waals surface area contributed by atoms with Crippen LogP contribution in [0.3, 0.4) is 0 Å². The Kier molecular flexibility index (Phi) is 7.74. The van der Waals surface area contributed by atoms with E-state index in [9.17, 15) is 0 Å². The van der Waals surface area contributed by atoms with Crippen molar-refractivity contribution in [3.8, 4) is 11.1 Å². The summed E-state index contributed by atoms with van der Waals surface area (Å²) in [6.45, 7) is 4.79. The molecule has 0 fully saturated rings. The first-order valence-electron chi connectivity index (χ1n) is 22.9. The van der Waals surface area contributed by atoms with Crippen molar-refractivity contribution in [3.63, 3.8) is 0 Å². The van der Waals surface area contributed by atoms with Gasteiger partial charge in [-0.3, -0.25) is 0 Å². The number of fused-ring (bicyclic) bond motifs is 3. The fraction of sp³-hybridized carbons (Fsp3) is 0.0476. The van der Waals surface area contributed by atoms with Crippen molar-refractivity contribution in [1.29, 1.82) is 0 Å².